The van der Waals surface area contributed by atoms with E-state index >= 15 is 0 Å². The van der Waals surface area contributed by atoms with Crippen LogP contribution in [0.4, 0.5) is 0 Å². The van der Waals surface area contributed by atoms with Crippen LogP contribution in [0.15, 0.2) is 48.7 Å². The molecule has 1 aliphatic heterocycles. The molecule has 1 aromatic carbocycles. The van der Waals surface area contributed by atoms with E-state index in [9.17, 15) is 4.79 Å². The lowest BCUT2D eigenvalue weighted by atomic mass is 10.2. The summed E-state index contributed by atoms with van der Waals surface area (Å²) in [5.74, 6) is -0.0859. The van der Waals surface area contributed by atoms with Gasteiger partial charge in [0.2, 0.25) is 0 Å². The Kier molecular flexibility index (Phi) is 5.12. The third-order valence-corrected chi connectivity index (χ3v) is 2.92. The molecule has 1 aromatic rings. The summed E-state index contributed by atoms with van der Waals surface area (Å²) in [7, 11) is 0. The first-order valence-corrected chi connectivity index (χ1v) is 5.69. The van der Waals surface area contributed by atoms with Gasteiger partial charge in [0, 0.05) is 16.8 Å². The molecule has 0 saturated carbocycles. The maximum absolute atomic E-state index is 12.1. The molecule has 1 heterocycles. The van der Waals surface area contributed by atoms with Crippen molar-refractivity contribution in [3.05, 3.63) is 59.3 Å². The van der Waals surface area contributed by atoms with E-state index in [-0.39, 0.29) is 23.7 Å². The van der Waals surface area contributed by atoms with Crippen LogP contribution in [-0.2, 0) is 0 Å². The lowest BCUT2D eigenvalue weighted by Crippen LogP contribution is -2.32. The van der Waals surface area contributed by atoms with E-state index in [1.54, 1.807) is 41.4 Å². The van der Waals surface area contributed by atoms with Crippen LogP contribution in [0.3, 0.4) is 0 Å². The molecular weight excluding hydrogens is 277 g/mol. The molecule has 0 N–H and O–H groups in total. The summed E-state index contributed by atoms with van der Waals surface area (Å²) in [6, 6.07) is 6.81. The van der Waals surface area contributed by atoms with Gasteiger partial charge in [0.25, 0.3) is 5.91 Å². The number of rotatable bonds is 1. The Morgan fingerprint density at radius 3 is 2.47 bits per heavy atom. The van der Waals surface area contributed by atoms with Gasteiger partial charge in [-0.05, 0) is 30.3 Å². The van der Waals surface area contributed by atoms with E-state index in [4.69, 9.17) is 11.6 Å². The Morgan fingerprint density at radius 2 is 1.88 bits per heavy atom. The first-order chi connectivity index (χ1) is 7.68. The number of amides is 1. The molecule has 0 aromatic heterocycles. The Bertz CT molecular complexity index is 456. The summed E-state index contributed by atoms with van der Waals surface area (Å²) in [5.41, 5.74) is 0.600. The molecule has 1 aliphatic rings. The van der Waals surface area contributed by atoms with Gasteiger partial charge in [-0.2, -0.15) is 0 Å². The number of thiol groups is 1. The summed E-state index contributed by atoms with van der Waals surface area (Å²) < 4.78 is 0. The molecular formula is C12H11Cl2NOS. The maximum Gasteiger partial charge on any atom is 0.259 e. The summed E-state index contributed by atoms with van der Waals surface area (Å²) >= 11 is 10.1. The van der Waals surface area contributed by atoms with Crippen LogP contribution in [-0.4, -0.2) is 16.2 Å². The SMILES string of the molecule is Cl.O=C(c1ccc(Cl)cc1)N1C=CC=CC1S. The topological polar surface area (TPSA) is 20.3 Å². The molecule has 0 spiro atoms. The molecule has 0 bridgehead atoms. The van der Waals surface area contributed by atoms with Crippen molar-refractivity contribution in [2.24, 2.45) is 0 Å². The molecule has 1 amide bonds. The fraction of sp³-hybridized carbons (Fsp3) is 0.0833. The number of benzene rings is 1. The van der Waals surface area contributed by atoms with Crippen molar-refractivity contribution in [3.63, 3.8) is 0 Å². The largest absolute Gasteiger partial charge is 0.299 e. The van der Waals surface area contributed by atoms with E-state index in [0.29, 0.717) is 10.6 Å². The van der Waals surface area contributed by atoms with Crippen molar-refractivity contribution in [1.29, 1.82) is 0 Å². The van der Waals surface area contributed by atoms with Crippen LogP contribution in [0.25, 0.3) is 0 Å². The van der Waals surface area contributed by atoms with E-state index in [0.717, 1.165) is 0 Å². The fourth-order valence-electron chi connectivity index (χ4n) is 1.42. The van der Waals surface area contributed by atoms with E-state index in [2.05, 4.69) is 12.6 Å². The number of hydrogen-bond donors (Lipinski definition) is 1. The van der Waals surface area contributed by atoms with Gasteiger partial charge in [0.1, 0.15) is 0 Å². The van der Waals surface area contributed by atoms with Gasteiger partial charge in [-0.25, -0.2) is 0 Å². The molecule has 90 valence electrons. The van der Waals surface area contributed by atoms with Crippen LogP contribution in [0.2, 0.25) is 5.02 Å². The highest BCUT2D eigenvalue weighted by Crippen LogP contribution is 2.17. The molecule has 0 radical (unpaired) electrons. The Labute approximate surface area is 117 Å². The van der Waals surface area contributed by atoms with Crippen LogP contribution in [0.5, 0.6) is 0 Å². The first kappa shape index (κ1) is 14.2. The first-order valence-electron chi connectivity index (χ1n) is 4.80. The number of hydrogen-bond acceptors (Lipinski definition) is 2. The lowest BCUT2D eigenvalue weighted by Gasteiger charge is -2.24. The number of halogens is 2. The monoisotopic (exact) mass is 287 g/mol. The second-order valence-corrected chi connectivity index (χ2v) is 4.32. The Morgan fingerprint density at radius 1 is 1.24 bits per heavy atom. The van der Waals surface area contributed by atoms with Crippen LogP contribution < -0.4 is 0 Å². The van der Waals surface area contributed by atoms with Gasteiger partial charge < -0.3 is 0 Å². The zero-order valence-corrected chi connectivity index (χ0v) is 11.3. The number of carbonyl (C=O) groups is 1. The van der Waals surface area contributed by atoms with Crippen LogP contribution in [0.1, 0.15) is 10.4 Å². The average molecular weight is 288 g/mol. The summed E-state index contributed by atoms with van der Waals surface area (Å²) in [5, 5.41) is 0.404. The van der Waals surface area contributed by atoms with Crippen LogP contribution >= 0.6 is 36.6 Å². The Hall–Kier alpha value is -0.900. The molecule has 1 atom stereocenters. The lowest BCUT2D eigenvalue weighted by molar-refractivity contribution is 0.0823. The van der Waals surface area contributed by atoms with Crippen LogP contribution in [0, 0.1) is 0 Å². The molecule has 2 rings (SSSR count). The second-order valence-electron chi connectivity index (χ2n) is 3.36. The molecule has 1 unspecified atom stereocenters. The summed E-state index contributed by atoms with van der Waals surface area (Å²) in [6.45, 7) is 0. The van der Waals surface area contributed by atoms with E-state index < -0.39 is 0 Å². The van der Waals surface area contributed by atoms with Gasteiger partial charge in [0.05, 0.1) is 5.37 Å². The minimum absolute atomic E-state index is 0. The zero-order valence-electron chi connectivity index (χ0n) is 8.79. The summed E-state index contributed by atoms with van der Waals surface area (Å²) in [6.07, 6.45) is 7.23. The predicted molar refractivity (Wildman–Crippen MR) is 75.9 cm³/mol. The van der Waals surface area contributed by atoms with Crippen molar-refractivity contribution >= 4 is 42.5 Å². The number of carbonyl (C=O) groups excluding carboxylic acids is 1. The van der Waals surface area contributed by atoms with Crippen molar-refractivity contribution in [2.45, 2.75) is 5.37 Å². The molecule has 17 heavy (non-hydrogen) atoms. The molecule has 0 fully saturated rings. The highest BCUT2D eigenvalue weighted by Gasteiger charge is 2.19. The van der Waals surface area contributed by atoms with Gasteiger partial charge >= 0.3 is 0 Å². The quantitative estimate of drug-likeness (QED) is 0.784. The van der Waals surface area contributed by atoms with Gasteiger partial charge in [0.15, 0.2) is 0 Å². The van der Waals surface area contributed by atoms with Gasteiger partial charge in [-0.1, -0.05) is 23.8 Å². The highest BCUT2D eigenvalue weighted by atomic mass is 35.5. The van der Waals surface area contributed by atoms with Crippen molar-refractivity contribution in [2.75, 3.05) is 0 Å². The minimum Gasteiger partial charge on any atom is -0.299 e. The highest BCUT2D eigenvalue weighted by molar-refractivity contribution is 7.81. The average Bonchev–Trinajstić information content (AvgIpc) is 2.30. The molecule has 2 nitrogen and oxygen atoms in total. The normalized spacial score (nSPS) is 17.8. The standard InChI is InChI=1S/C12H10ClNOS.ClH/c13-10-6-4-9(5-7-10)12(15)14-8-2-1-3-11(14)16;/h1-8,11,16H;1H. The molecule has 0 saturated heterocycles. The molecule has 0 aliphatic carbocycles. The third kappa shape index (κ3) is 3.28. The molecule has 5 heteroatoms. The second kappa shape index (κ2) is 6.15. The zero-order chi connectivity index (χ0) is 11.5. The van der Waals surface area contributed by atoms with E-state index in [1.807, 2.05) is 12.2 Å². The third-order valence-electron chi connectivity index (χ3n) is 2.25. The minimum atomic E-state index is -0.215. The smallest absolute Gasteiger partial charge is 0.259 e. The Balaban J connectivity index is 0.00000144. The van der Waals surface area contributed by atoms with Crippen molar-refractivity contribution < 1.29 is 4.79 Å². The fourth-order valence-corrected chi connectivity index (χ4v) is 1.82. The van der Waals surface area contributed by atoms with Gasteiger partial charge in [-0.3, -0.25) is 9.69 Å². The van der Waals surface area contributed by atoms with Gasteiger partial charge in [-0.15, -0.1) is 25.0 Å². The summed E-state index contributed by atoms with van der Waals surface area (Å²) in [4.78, 5) is 13.6. The van der Waals surface area contributed by atoms with E-state index in [1.165, 1.54) is 0 Å². The number of nitrogens with zero attached hydrogens (tertiary/aromatic N) is 1. The van der Waals surface area contributed by atoms with Crippen molar-refractivity contribution in [3.8, 4) is 0 Å². The predicted octanol–water partition coefficient (Wildman–Crippen LogP) is 3.54. The number of allylic oxidation sites excluding steroid dienone is 2. The van der Waals surface area contributed by atoms with Crippen molar-refractivity contribution in [1.82, 2.24) is 4.90 Å². The maximum atomic E-state index is 12.1.